The Balaban J connectivity index is 2.08. The van der Waals surface area contributed by atoms with Crippen molar-refractivity contribution in [1.82, 2.24) is 10.2 Å². The molecular formula is C14H18BrFN2O2. The highest BCUT2D eigenvalue weighted by atomic mass is 79.9. The van der Waals surface area contributed by atoms with E-state index in [1.54, 1.807) is 17.0 Å². The first kappa shape index (κ1) is 15.4. The van der Waals surface area contributed by atoms with Crippen molar-refractivity contribution in [3.8, 4) is 0 Å². The summed E-state index contributed by atoms with van der Waals surface area (Å²) in [6.07, 6.45) is -0.0682. The number of nitrogens with zero attached hydrogens (tertiary/aromatic N) is 1. The summed E-state index contributed by atoms with van der Waals surface area (Å²) in [5.74, 6) is -0.415. The maximum atomic E-state index is 13.8. The second-order valence-corrected chi connectivity index (χ2v) is 5.85. The molecule has 1 amide bonds. The van der Waals surface area contributed by atoms with Crippen LogP contribution >= 0.6 is 15.9 Å². The molecule has 0 saturated carbocycles. The smallest absolute Gasteiger partial charge is 0.240 e. The molecule has 1 aliphatic rings. The Morgan fingerprint density at radius 3 is 2.95 bits per heavy atom. The number of β-amino-alcohol motifs (C(OH)–C–C–N with tert-alkyl or cyclic N) is 1. The number of amides is 1. The van der Waals surface area contributed by atoms with Gasteiger partial charge in [-0.25, -0.2) is 4.39 Å². The average molecular weight is 345 g/mol. The maximum Gasteiger partial charge on any atom is 0.240 e. The van der Waals surface area contributed by atoms with Gasteiger partial charge >= 0.3 is 0 Å². The third-order valence-corrected chi connectivity index (χ3v) is 3.96. The second-order valence-electron chi connectivity index (χ2n) is 4.94. The van der Waals surface area contributed by atoms with Gasteiger partial charge in [0.2, 0.25) is 5.91 Å². The Labute approximate surface area is 126 Å². The van der Waals surface area contributed by atoms with Crippen LogP contribution in [-0.2, 0) is 11.3 Å². The van der Waals surface area contributed by atoms with Gasteiger partial charge in [0.25, 0.3) is 0 Å². The minimum Gasteiger partial charge on any atom is -0.392 e. The van der Waals surface area contributed by atoms with E-state index in [4.69, 9.17) is 0 Å². The van der Waals surface area contributed by atoms with Crippen molar-refractivity contribution >= 4 is 21.8 Å². The second kappa shape index (κ2) is 6.65. The van der Waals surface area contributed by atoms with E-state index in [1.807, 2.05) is 6.92 Å². The van der Waals surface area contributed by atoms with Gasteiger partial charge < -0.3 is 15.3 Å². The van der Waals surface area contributed by atoms with E-state index in [0.29, 0.717) is 25.1 Å². The summed E-state index contributed by atoms with van der Waals surface area (Å²) in [6, 6.07) is 4.32. The zero-order chi connectivity index (χ0) is 14.7. The van der Waals surface area contributed by atoms with Crippen LogP contribution in [0.25, 0.3) is 0 Å². The summed E-state index contributed by atoms with van der Waals surface area (Å²) in [5, 5.41) is 12.5. The van der Waals surface area contributed by atoms with Crippen molar-refractivity contribution in [2.24, 2.45) is 0 Å². The molecule has 20 heavy (non-hydrogen) atoms. The predicted octanol–water partition coefficient (Wildman–Crippen LogP) is 1.66. The van der Waals surface area contributed by atoms with Crippen molar-refractivity contribution in [3.05, 3.63) is 34.1 Å². The summed E-state index contributed by atoms with van der Waals surface area (Å²) in [6.45, 7) is 3.02. The summed E-state index contributed by atoms with van der Waals surface area (Å²) in [7, 11) is 0. The number of hydrogen-bond acceptors (Lipinski definition) is 3. The summed E-state index contributed by atoms with van der Waals surface area (Å²) < 4.78 is 14.5. The number of hydrogen-bond donors (Lipinski definition) is 2. The molecule has 2 atom stereocenters. The summed E-state index contributed by atoms with van der Waals surface area (Å²) >= 11 is 3.30. The number of halogens is 2. The van der Waals surface area contributed by atoms with E-state index < -0.39 is 6.10 Å². The van der Waals surface area contributed by atoms with E-state index in [1.165, 1.54) is 6.07 Å². The van der Waals surface area contributed by atoms with Crippen LogP contribution in [-0.4, -0.2) is 41.1 Å². The van der Waals surface area contributed by atoms with Crippen LogP contribution in [0.2, 0.25) is 0 Å². The van der Waals surface area contributed by atoms with Crippen LogP contribution in [0.3, 0.4) is 0 Å². The largest absolute Gasteiger partial charge is 0.392 e. The molecule has 2 N–H and O–H groups in total. The number of rotatable bonds is 4. The van der Waals surface area contributed by atoms with Gasteiger partial charge in [-0.3, -0.25) is 4.79 Å². The fourth-order valence-corrected chi connectivity index (χ4v) is 2.75. The zero-order valence-corrected chi connectivity index (χ0v) is 12.9. The number of carbonyl (C=O) groups is 1. The fourth-order valence-electron chi connectivity index (χ4n) is 2.34. The maximum absolute atomic E-state index is 13.8. The van der Waals surface area contributed by atoms with Gasteiger partial charge in [-0.15, -0.1) is 0 Å². The molecule has 0 aromatic heterocycles. The number of aliphatic hydroxyl groups is 1. The number of carbonyl (C=O) groups excluding carboxylic acids is 1. The highest BCUT2D eigenvalue weighted by Crippen LogP contribution is 2.18. The Kier molecular flexibility index (Phi) is 5.12. The highest BCUT2D eigenvalue weighted by molar-refractivity contribution is 9.10. The molecule has 1 aliphatic heterocycles. The van der Waals surface area contributed by atoms with E-state index in [0.717, 1.165) is 4.47 Å². The van der Waals surface area contributed by atoms with E-state index in [-0.39, 0.29) is 24.3 Å². The van der Waals surface area contributed by atoms with Crippen molar-refractivity contribution in [2.45, 2.75) is 32.0 Å². The lowest BCUT2D eigenvalue weighted by atomic mass is 10.1. The van der Waals surface area contributed by atoms with Crippen LogP contribution in [0.1, 0.15) is 18.9 Å². The topological polar surface area (TPSA) is 52.6 Å². The minimum atomic E-state index is -0.481. The predicted molar refractivity (Wildman–Crippen MR) is 77.6 cm³/mol. The molecule has 0 radical (unpaired) electrons. The third kappa shape index (κ3) is 3.56. The van der Waals surface area contributed by atoms with Gasteiger partial charge in [0.05, 0.1) is 12.1 Å². The van der Waals surface area contributed by atoms with Gasteiger partial charge in [-0.1, -0.05) is 15.9 Å². The normalized spacial score (nSPS) is 22.0. The van der Waals surface area contributed by atoms with Gasteiger partial charge in [-0.05, 0) is 31.5 Å². The van der Waals surface area contributed by atoms with Crippen molar-refractivity contribution < 1.29 is 14.3 Å². The SMILES string of the molecule is CCN(Cc1cc(Br)ccc1F)C(=O)[C@@H]1C[C@@H](O)CN1. The van der Waals surface area contributed by atoms with Gasteiger partial charge in [-0.2, -0.15) is 0 Å². The van der Waals surface area contributed by atoms with Gasteiger partial charge in [0.15, 0.2) is 0 Å². The molecule has 1 aromatic carbocycles. The quantitative estimate of drug-likeness (QED) is 0.873. The molecule has 6 heteroatoms. The van der Waals surface area contributed by atoms with Gasteiger partial charge in [0, 0.05) is 29.7 Å². The van der Waals surface area contributed by atoms with Crippen LogP contribution < -0.4 is 5.32 Å². The minimum absolute atomic E-state index is 0.0941. The highest BCUT2D eigenvalue weighted by Gasteiger charge is 2.31. The molecule has 1 aromatic rings. The molecule has 1 saturated heterocycles. The molecular weight excluding hydrogens is 327 g/mol. The fraction of sp³-hybridized carbons (Fsp3) is 0.500. The molecule has 1 fully saturated rings. The third-order valence-electron chi connectivity index (χ3n) is 3.47. The number of aliphatic hydroxyl groups excluding tert-OH is 1. The first-order valence-corrected chi connectivity index (χ1v) is 7.44. The van der Waals surface area contributed by atoms with Crippen molar-refractivity contribution in [3.63, 3.8) is 0 Å². The van der Waals surface area contributed by atoms with E-state index >= 15 is 0 Å². The standard InChI is InChI=1S/C14H18BrFN2O2/c1-2-18(14(20)13-6-11(19)7-17-13)8-9-5-10(15)3-4-12(9)16/h3-5,11,13,17,19H,2,6-8H2,1H3/t11-,13+/m1/s1. The Morgan fingerprint density at radius 2 is 2.35 bits per heavy atom. The summed E-state index contributed by atoms with van der Waals surface area (Å²) in [5.41, 5.74) is 0.480. The van der Waals surface area contributed by atoms with Crippen LogP contribution in [0.15, 0.2) is 22.7 Å². The molecule has 1 heterocycles. The van der Waals surface area contributed by atoms with Gasteiger partial charge in [0.1, 0.15) is 5.82 Å². The first-order valence-electron chi connectivity index (χ1n) is 6.65. The Hall–Kier alpha value is -0.980. The lowest BCUT2D eigenvalue weighted by Crippen LogP contribution is -2.43. The number of likely N-dealkylation sites (N-methyl/N-ethyl adjacent to an activating group) is 1. The lowest BCUT2D eigenvalue weighted by molar-refractivity contribution is -0.133. The first-order chi connectivity index (χ1) is 9.51. The molecule has 0 unspecified atom stereocenters. The van der Waals surface area contributed by atoms with E-state index in [9.17, 15) is 14.3 Å². The number of nitrogens with one attached hydrogen (secondary N) is 1. The zero-order valence-electron chi connectivity index (χ0n) is 11.3. The average Bonchev–Trinajstić information content (AvgIpc) is 2.85. The summed E-state index contributed by atoms with van der Waals surface area (Å²) in [4.78, 5) is 13.9. The molecule has 0 bridgehead atoms. The van der Waals surface area contributed by atoms with Crippen molar-refractivity contribution in [2.75, 3.05) is 13.1 Å². The monoisotopic (exact) mass is 344 g/mol. The van der Waals surface area contributed by atoms with Crippen LogP contribution in [0.5, 0.6) is 0 Å². The molecule has 0 aliphatic carbocycles. The van der Waals surface area contributed by atoms with Crippen molar-refractivity contribution in [1.29, 1.82) is 0 Å². The van der Waals surface area contributed by atoms with E-state index in [2.05, 4.69) is 21.2 Å². The molecule has 2 rings (SSSR count). The van der Waals surface area contributed by atoms with Crippen LogP contribution in [0.4, 0.5) is 4.39 Å². The molecule has 4 nitrogen and oxygen atoms in total. The number of benzene rings is 1. The Bertz CT molecular complexity index is 498. The molecule has 0 spiro atoms. The Morgan fingerprint density at radius 1 is 1.60 bits per heavy atom. The lowest BCUT2D eigenvalue weighted by Gasteiger charge is -2.24. The van der Waals surface area contributed by atoms with Crippen LogP contribution in [0, 0.1) is 5.82 Å². The molecule has 110 valence electrons.